The van der Waals surface area contributed by atoms with Gasteiger partial charge in [-0.15, -0.1) is 0 Å². The number of ether oxygens (including phenoxy) is 3. The lowest BCUT2D eigenvalue weighted by molar-refractivity contribution is -0.140. The Morgan fingerprint density at radius 2 is 1.90 bits per heavy atom. The third-order valence-electron chi connectivity index (χ3n) is 4.47. The number of carbonyl (C=O) groups is 2. The van der Waals surface area contributed by atoms with Crippen LogP contribution in [0.1, 0.15) is 16.8 Å². The van der Waals surface area contributed by atoms with Gasteiger partial charge in [0.25, 0.3) is 5.91 Å². The van der Waals surface area contributed by atoms with Crippen molar-refractivity contribution < 1.29 is 23.8 Å². The number of benzene rings is 2. The van der Waals surface area contributed by atoms with Crippen LogP contribution in [0.4, 0.5) is 0 Å². The maximum atomic E-state index is 12.8. The molecule has 0 saturated heterocycles. The SMILES string of the molecule is COC(=O)CCn1c(=NC(=O)c2ccc(Cl)cc2Cl)sc2cc3c(cc21)OCCO3. The summed E-state index contributed by atoms with van der Waals surface area (Å²) in [6.45, 7) is 1.21. The molecule has 0 fully saturated rings. The van der Waals surface area contributed by atoms with Gasteiger partial charge in [0, 0.05) is 23.7 Å². The molecule has 30 heavy (non-hydrogen) atoms. The zero-order chi connectivity index (χ0) is 21.3. The Balaban J connectivity index is 1.83. The molecule has 0 unspecified atom stereocenters. The summed E-state index contributed by atoms with van der Waals surface area (Å²) in [4.78, 5) is 29.2. The molecule has 4 rings (SSSR count). The van der Waals surface area contributed by atoms with Crippen LogP contribution in [0.5, 0.6) is 11.5 Å². The summed E-state index contributed by atoms with van der Waals surface area (Å²) in [5.74, 6) is 0.371. The molecular formula is C20H16Cl2N2O5S. The van der Waals surface area contributed by atoms with Gasteiger partial charge in [-0.3, -0.25) is 9.59 Å². The van der Waals surface area contributed by atoms with Gasteiger partial charge in [0.1, 0.15) is 13.2 Å². The minimum absolute atomic E-state index is 0.125. The number of thiazole rings is 1. The highest BCUT2D eigenvalue weighted by Crippen LogP contribution is 2.35. The van der Waals surface area contributed by atoms with Crippen LogP contribution in [-0.2, 0) is 16.1 Å². The number of hydrogen-bond donors (Lipinski definition) is 0. The highest BCUT2D eigenvalue weighted by molar-refractivity contribution is 7.16. The van der Waals surface area contributed by atoms with Crippen molar-refractivity contribution in [2.24, 2.45) is 4.99 Å². The molecule has 0 saturated carbocycles. The molecule has 1 amide bonds. The number of amides is 1. The normalized spacial score (nSPS) is 13.5. The number of rotatable bonds is 4. The van der Waals surface area contributed by atoms with Crippen LogP contribution < -0.4 is 14.3 Å². The lowest BCUT2D eigenvalue weighted by Gasteiger charge is -2.18. The number of methoxy groups -OCH3 is 1. The van der Waals surface area contributed by atoms with Crippen molar-refractivity contribution in [3.63, 3.8) is 0 Å². The summed E-state index contributed by atoms with van der Waals surface area (Å²) in [5, 5.41) is 0.646. The van der Waals surface area contributed by atoms with Crippen LogP contribution in [-0.4, -0.2) is 36.8 Å². The summed E-state index contributed by atoms with van der Waals surface area (Å²) in [6, 6.07) is 8.28. The Morgan fingerprint density at radius 1 is 1.17 bits per heavy atom. The predicted molar refractivity (Wildman–Crippen MR) is 114 cm³/mol. The molecule has 156 valence electrons. The molecule has 1 aliphatic heterocycles. The number of fused-ring (bicyclic) bond motifs is 2. The van der Waals surface area contributed by atoms with Crippen LogP contribution in [0.3, 0.4) is 0 Å². The monoisotopic (exact) mass is 466 g/mol. The third kappa shape index (κ3) is 4.16. The van der Waals surface area contributed by atoms with Gasteiger partial charge < -0.3 is 18.8 Å². The van der Waals surface area contributed by atoms with E-state index in [1.165, 1.54) is 30.6 Å². The summed E-state index contributed by atoms with van der Waals surface area (Å²) >= 11 is 13.4. The number of esters is 1. The molecular weight excluding hydrogens is 451 g/mol. The van der Waals surface area contributed by atoms with Gasteiger partial charge in [-0.25, -0.2) is 0 Å². The minimum atomic E-state index is -0.507. The van der Waals surface area contributed by atoms with Gasteiger partial charge in [0.05, 0.1) is 34.3 Å². The highest BCUT2D eigenvalue weighted by atomic mass is 35.5. The zero-order valence-corrected chi connectivity index (χ0v) is 18.1. The Morgan fingerprint density at radius 3 is 2.60 bits per heavy atom. The molecule has 0 spiro atoms. The molecule has 2 aromatic carbocycles. The van der Waals surface area contributed by atoms with E-state index in [1.54, 1.807) is 10.6 Å². The fourth-order valence-electron chi connectivity index (χ4n) is 3.02. The number of nitrogens with zero attached hydrogens (tertiary/aromatic N) is 2. The van der Waals surface area contributed by atoms with Crippen molar-refractivity contribution in [3.8, 4) is 11.5 Å². The first kappa shape index (κ1) is 20.7. The first-order valence-electron chi connectivity index (χ1n) is 9.00. The van der Waals surface area contributed by atoms with E-state index in [9.17, 15) is 9.59 Å². The van der Waals surface area contributed by atoms with E-state index in [4.69, 9.17) is 37.4 Å². The Labute approximate surface area is 185 Å². The maximum Gasteiger partial charge on any atom is 0.307 e. The van der Waals surface area contributed by atoms with Gasteiger partial charge in [-0.2, -0.15) is 4.99 Å². The first-order valence-corrected chi connectivity index (χ1v) is 10.6. The van der Waals surface area contributed by atoms with Gasteiger partial charge in [-0.05, 0) is 18.2 Å². The highest BCUT2D eigenvalue weighted by Gasteiger charge is 2.18. The summed E-state index contributed by atoms with van der Waals surface area (Å²) in [7, 11) is 1.33. The largest absolute Gasteiger partial charge is 0.486 e. The van der Waals surface area contributed by atoms with Crippen molar-refractivity contribution in [3.05, 3.63) is 50.7 Å². The van der Waals surface area contributed by atoms with Crippen molar-refractivity contribution in [2.45, 2.75) is 13.0 Å². The van der Waals surface area contributed by atoms with E-state index in [0.717, 1.165) is 10.2 Å². The molecule has 0 atom stereocenters. The zero-order valence-electron chi connectivity index (χ0n) is 15.8. The van der Waals surface area contributed by atoms with Crippen LogP contribution in [0.25, 0.3) is 10.2 Å². The van der Waals surface area contributed by atoms with E-state index in [-0.39, 0.29) is 29.5 Å². The van der Waals surface area contributed by atoms with Crippen LogP contribution in [0.2, 0.25) is 10.0 Å². The average Bonchev–Trinajstić information content (AvgIpc) is 3.05. The van der Waals surface area contributed by atoms with Crippen LogP contribution >= 0.6 is 34.5 Å². The molecule has 0 aliphatic carbocycles. The van der Waals surface area contributed by atoms with E-state index >= 15 is 0 Å². The predicted octanol–water partition coefficient (Wildman–Crippen LogP) is 4.09. The van der Waals surface area contributed by atoms with Crippen molar-refractivity contribution in [1.29, 1.82) is 0 Å². The molecule has 3 aromatic rings. The molecule has 10 heteroatoms. The second-order valence-corrected chi connectivity index (χ2v) is 8.22. The van der Waals surface area contributed by atoms with Gasteiger partial charge in [0.2, 0.25) is 0 Å². The summed E-state index contributed by atoms with van der Waals surface area (Å²) in [5.41, 5.74) is 1.02. The molecule has 0 N–H and O–H groups in total. The summed E-state index contributed by atoms with van der Waals surface area (Å²) in [6.07, 6.45) is 0.125. The molecule has 1 aliphatic rings. The Hall–Kier alpha value is -2.55. The van der Waals surface area contributed by atoms with E-state index in [1.807, 2.05) is 12.1 Å². The Kier molecular flexibility index (Phi) is 5.99. The molecule has 1 aromatic heterocycles. The van der Waals surface area contributed by atoms with Crippen molar-refractivity contribution in [1.82, 2.24) is 4.57 Å². The number of hydrogen-bond acceptors (Lipinski definition) is 6. The van der Waals surface area contributed by atoms with E-state index < -0.39 is 5.91 Å². The summed E-state index contributed by atoms with van der Waals surface area (Å²) < 4.78 is 18.7. The molecule has 2 heterocycles. The van der Waals surface area contributed by atoms with Crippen molar-refractivity contribution >= 4 is 56.6 Å². The number of aryl methyl sites for hydroxylation is 1. The van der Waals surface area contributed by atoms with Gasteiger partial charge >= 0.3 is 5.97 Å². The van der Waals surface area contributed by atoms with Crippen LogP contribution in [0, 0.1) is 0 Å². The number of halogens is 2. The Bertz CT molecular complexity index is 1220. The fraction of sp³-hybridized carbons (Fsp3) is 0.250. The second kappa shape index (κ2) is 8.67. The molecule has 0 radical (unpaired) electrons. The fourth-order valence-corrected chi connectivity index (χ4v) is 4.58. The number of carbonyl (C=O) groups excluding carboxylic acids is 2. The quantitative estimate of drug-likeness (QED) is 0.541. The minimum Gasteiger partial charge on any atom is -0.486 e. The van der Waals surface area contributed by atoms with Gasteiger partial charge in [-0.1, -0.05) is 34.5 Å². The maximum absolute atomic E-state index is 12.8. The van der Waals surface area contributed by atoms with Crippen LogP contribution in [0.15, 0.2) is 35.3 Å². The molecule has 7 nitrogen and oxygen atoms in total. The molecule has 0 bridgehead atoms. The standard InChI is InChI=1S/C20H16Cl2N2O5S/c1-27-18(25)4-5-24-14-9-15-16(29-7-6-28-15)10-17(14)30-20(24)23-19(26)12-3-2-11(21)8-13(12)22/h2-3,8-10H,4-7H2,1H3. The second-order valence-electron chi connectivity index (χ2n) is 6.37. The number of aromatic nitrogens is 1. The van der Waals surface area contributed by atoms with E-state index in [0.29, 0.717) is 34.5 Å². The smallest absolute Gasteiger partial charge is 0.307 e. The topological polar surface area (TPSA) is 79.1 Å². The van der Waals surface area contributed by atoms with E-state index in [2.05, 4.69) is 4.99 Å². The van der Waals surface area contributed by atoms with Crippen molar-refractivity contribution in [2.75, 3.05) is 20.3 Å². The lowest BCUT2D eigenvalue weighted by Crippen LogP contribution is -2.19. The average molecular weight is 467 g/mol. The third-order valence-corrected chi connectivity index (χ3v) is 6.06. The lowest BCUT2D eigenvalue weighted by atomic mass is 10.2. The first-order chi connectivity index (χ1) is 14.5. The van der Waals surface area contributed by atoms with Gasteiger partial charge in [0.15, 0.2) is 16.3 Å².